The molecular formula is C15H19NO5. The van der Waals surface area contributed by atoms with Gasteiger partial charge in [-0.1, -0.05) is 18.2 Å². The number of phenolic OH excluding ortho intramolecular Hbond substituents is 4. The van der Waals surface area contributed by atoms with Crippen LogP contribution in [0.25, 0.3) is 0 Å². The molecule has 0 amide bonds. The van der Waals surface area contributed by atoms with Gasteiger partial charge in [0.2, 0.25) is 0 Å². The number of para-hydroxylation sites is 2. The van der Waals surface area contributed by atoms with Gasteiger partial charge in [-0.05, 0) is 36.9 Å². The van der Waals surface area contributed by atoms with Crippen LogP contribution in [0.15, 0.2) is 42.5 Å². The number of aliphatic hydroxyl groups is 1. The number of nitrogens with one attached hydrogen (secondary N) is 1. The first-order valence-corrected chi connectivity index (χ1v) is 6.27. The number of aliphatic hydroxyl groups excluding tert-OH is 1. The van der Waals surface area contributed by atoms with Crippen LogP contribution in [0.5, 0.6) is 23.0 Å². The first-order chi connectivity index (χ1) is 9.95. The third-order valence-corrected chi connectivity index (χ3v) is 2.66. The highest BCUT2D eigenvalue weighted by Gasteiger charge is 2.08. The summed E-state index contributed by atoms with van der Waals surface area (Å²) in [5.74, 6) is -0.548. The second-order valence-corrected chi connectivity index (χ2v) is 4.31. The molecule has 0 aliphatic carbocycles. The summed E-state index contributed by atoms with van der Waals surface area (Å²) in [6.45, 7) is 0.407. The molecule has 1 atom stereocenters. The van der Waals surface area contributed by atoms with Crippen LogP contribution >= 0.6 is 0 Å². The summed E-state index contributed by atoms with van der Waals surface area (Å²) in [6, 6.07) is 10.4. The predicted octanol–water partition coefficient (Wildman–Crippen LogP) is 1.45. The summed E-state index contributed by atoms with van der Waals surface area (Å²) in [4.78, 5) is 0. The fourth-order valence-corrected chi connectivity index (χ4v) is 1.52. The van der Waals surface area contributed by atoms with E-state index in [0.29, 0.717) is 12.1 Å². The Labute approximate surface area is 122 Å². The average Bonchev–Trinajstić information content (AvgIpc) is 2.46. The molecule has 2 aromatic carbocycles. The zero-order valence-corrected chi connectivity index (χ0v) is 11.6. The molecule has 6 heteroatoms. The van der Waals surface area contributed by atoms with E-state index in [-0.39, 0.29) is 23.0 Å². The largest absolute Gasteiger partial charge is 0.504 e. The van der Waals surface area contributed by atoms with Crippen molar-refractivity contribution < 1.29 is 25.5 Å². The minimum absolute atomic E-state index is 0.0764. The zero-order chi connectivity index (χ0) is 15.8. The van der Waals surface area contributed by atoms with Gasteiger partial charge in [0.25, 0.3) is 0 Å². The van der Waals surface area contributed by atoms with Crippen molar-refractivity contribution >= 4 is 0 Å². The average molecular weight is 293 g/mol. The van der Waals surface area contributed by atoms with Gasteiger partial charge in [-0.25, -0.2) is 0 Å². The van der Waals surface area contributed by atoms with Crippen LogP contribution in [0, 0.1) is 0 Å². The van der Waals surface area contributed by atoms with Crippen molar-refractivity contribution in [3.63, 3.8) is 0 Å². The van der Waals surface area contributed by atoms with Gasteiger partial charge in [0.15, 0.2) is 23.0 Å². The molecule has 0 heterocycles. The molecule has 0 aliphatic heterocycles. The summed E-state index contributed by atoms with van der Waals surface area (Å²) in [7, 11) is 1.73. The summed E-state index contributed by atoms with van der Waals surface area (Å²) < 4.78 is 0. The van der Waals surface area contributed by atoms with Crippen LogP contribution in [0.1, 0.15) is 11.7 Å². The molecule has 0 radical (unpaired) electrons. The van der Waals surface area contributed by atoms with Crippen molar-refractivity contribution in [2.75, 3.05) is 13.6 Å². The molecule has 21 heavy (non-hydrogen) atoms. The van der Waals surface area contributed by atoms with Gasteiger partial charge < -0.3 is 30.8 Å². The zero-order valence-electron chi connectivity index (χ0n) is 11.6. The van der Waals surface area contributed by atoms with Crippen molar-refractivity contribution in [1.82, 2.24) is 5.32 Å². The maximum atomic E-state index is 9.48. The number of hydrogen-bond donors (Lipinski definition) is 6. The topological polar surface area (TPSA) is 113 Å². The highest BCUT2D eigenvalue weighted by Crippen LogP contribution is 2.27. The van der Waals surface area contributed by atoms with Crippen molar-refractivity contribution in [3.05, 3.63) is 48.0 Å². The fraction of sp³-hybridized carbons (Fsp3) is 0.200. The van der Waals surface area contributed by atoms with E-state index in [4.69, 9.17) is 20.4 Å². The summed E-state index contributed by atoms with van der Waals surface area (Å²) >= 11 is 0. The Morgan fingerprint density at radius 1 is 0.857 bits per heavy atom. The second-order valence-electron chi connectivity index (χ2n) is 4.31. The molecule has 0 unspecified atom stereocenters. The quantitative estimate of drug-likeness (QED) is 0.478. The molecule has 0 saturated carbocycles. The minimum atomic E-state index is -0.670. The maximum absolute atomic E-state index is 9.48. The van der Waals surface area contributed by atoms with Crippen molar-refractivity contribution in [3.8, 4) is 23.0 Å². The molecular weight excluding hydrogens is 274 g/mol. The smallest absolute Gasteiger partial charge is 0.157 e. The van der Waals surface area contributed by atoms with Crippen LogP contribution in [-0.2, 0) is 0 Å². The Morgan fingerprint density at radius 2 is 1.38 bits per heavy atom. The fourth-order valence-electron chi connectivity index (χ4n) is 1.52. The molecule has 0 bridgehead atoms. The van der Waals surface area contributed by atoms with Gasteiger partial charge in [0.05, 0.1) is 6.10 Å². The van der Waals surface area contributed by atoms with E-state index in [1.54, 1.807) is 25.2 Å². The van der Waals surface area contributed by atoms with Crippen molar-refractivity contribution in [2.45, 2.75) is 6.10 Å². The van der Waals surface area contributed by atoms with E-state index in [1.807, 2.05) is 0 Å². The summed E-state index contributed by atoms with van der Waals surface area (Å²) in [5, 5.41) is 47.8. The highest BCUT2D eigenvalue weighted by atomic mass is 16.3. The van der Waals surface area contributed by atoms with Crippen LogP contribution in [0.4, 0.5) is 0 Å². The van der Waals surface area contributed by atoms with E-state index in [1.165, 1.54) is 24.3 Å². The van der Waals surface area contributed by atoms with E-state index >= 15 is 0 Å². The Kier molecular flexibility index (Phi) is 6.32. The molecule has 0 saturated heterocycles. The summed E-state index contributed by atoms with van der Waals surface area (Å²) in [6.07, 6.45) is -0.670. The number of hydrogen-bond acceptors (Lipinski definition) is 6. The van der Waals surface area contributed by atoms with Gasteiger partial charge in [0.1, 0.15) is 0 Å². The lowest BCUT2D eigenvalue weighted by atomic mass is 10.1. The number of likely N-dealkylation sites (N-methyl/N-ethyl adjacent to an activating group) is 1. The highest BCUT2D eigenvalue weighted by molar-refractivity contribution is 5.41. The number of aromatic hydroxyl groups is 4. The van der Waals surface area contributed by atoms with Gasteiger partial charge in [-0.3, -0.25) is 0 Å². The molecule has 2 rings (SSSR count). The normalized spacial score (nSPS) is 11.3. The third-order valence-electron chi connectivity index (χ3n) is 2.66. The SMILES string of the molecule is CNC[C@H](O)c1ccc(O)c(O)c1.Oc1ccccc1O. The number of phenols is 4. The Morgan fingerprint density at radius 3 is 1.81 bits per heavy atom. The van der Waals surface area contributed by atoms with Crippen molar-refractivity contribution in [1.29, 1.82) is 0 Å². The first-order valence-electron chi connectivity index (χ1n) is 6.27. The molecule has 0 aromatic heterocycles. The van der Waals surface area contributed by atoms with Crippen LogP contribution < -0.4 is 5.32 Å². The lowest BCUT2D eigenvalue weighted by Gasteiger charge is -2.10. The Bertz CT molecular complexity index is 553. The Balaban J connectivity index is 0.000000235. The molecule has 2 aromatic rings. The predicted molar refractivity (Wildman–Crippen MR) is 78.4 cm³/mol. The van der Waals surface area contributed by atoms with E-state index in [9.17, 15) is 5.11 Å². The molecule has 6 nitrogen and oxygen atoms in total. The van der Waals surface area contributed by atoms with Gasteiger partial charge in [0, 0.05) is 6.54 Å². The second kappa shape index (κ2) is 7.98. The molecule has 6 N–H and O–H groups in total. The van der Waals surface area contributed by atoms with E-state index in [0.717, 1.165) is 0 Å². The van der Waals surface area contributed by atoms with Gasteiger partial charge >= 0.3 is 0 Å². The monoisotopic (exact) mass is 293 g/mol. The minimum Gasteiger partial charge on any atom is -0.504 e. The number of rotatable bonds is 3. The van der Waals surface area contributed by atoms with E-state index in [2.05, 4.69) is 5.32 Å². The Hall–Kier alpha value is -2.44. The summed E-state index contributed by atoms with van der Waals surface area (Å²) in [5.41, 5.74) is 0.574. The van der Waals surface area contributed by atoms with Crippen LogP contribution in [-0.4, -0.2) is 39.1 Å². The molecule has 114 valence electrons. The van der Waals surface area contributed by atoms with E-state index < -0.39 is 6.10 Å². The standard InChI is InChI=1S/C9H13NO3.C6H6O2/c1-10-5-9(13)6-2-3-7(11)8(12)4-6;7-5-3-1-2-4-6(5)8/h2-4,9-13H,5H2,1H3;1-4,7-8H/t9-;/m0./s1. The molecule has 0 fully saturated rings. The maximum Gasteiger partial charge on any atom is 0.157 e. The lowest BCUT2D eigenvalue weighted by Crippen LogP contribution is -2.16. The van der Waals surface area contributed by atoms with Crippen LogP contribution in [0.3, 0.4) is 0 Å². The number of benzene rings is 2. The first kappa shape index (κ1) is 16.6. The molecule has 0 aliphatic rings. The van der Waals surface area contributed by atoms with Crippen LogP contribution in [0.2, 0.25) is 0 Å². The third kappa shape index (κ3) is 5.21. The van der Waals surface area contributed by atoms with Gasteiger partial charge in [-0.2, -0.15) is 0 Å². The van der Waals surface area contributed by atoms with Crippen molar-refractivity contribution in [2.24, 2.45) is 0 Å². The van der Waals surface area contributed by atoms with Gasteiger partial charge in [-0.15, -0.1) is 0 Å². The lowest BCUT2D eigenvalue weighted by molar-refractivity contribution is 0.177. The molecule has 0 spiro atoms.